The number of benzene rings is 1. The van der Waals surface area contributed by atoms with Crippen LogP contribution in [0.15, 0.2) is 33.5 Å². The zero-order valence-corrected chi connectivity index (χ0v) is 15.8. The van der Waals surface area contributed by atoms with Crippen LogP contribution in [0.2, 0.25) is 0 Å². The molecule has 24 heavy (non-hydrogen) atoms. The van der Waals surface area contributed by atoms with Crippen molar-refractivity contribution in [2.45, 2.75) is 58.3 Å². The van der Waals surface area contributed by atoms with Crippen LogP contribution in [0.4, 0.5) is 0 Å². The number of unbranched alkanes of at least 4 members (excludes halogenated alkanes) is 7. The van der Waals surface area contributed by atoms with Crippen molar-refractivity contribution >= 4 is 26.8 Å². The predicted molar refractivity (Wildman–Crippen MR) is 101 cm³/mol. The van der Waals surface area contributed by atoms with Gasteiger partial charge in [0.15, 0.2) is 0 Å². The summed E-state index contributed by atoms with van der Waals surface area (Å²) in [6.07, 6.45) is 10.1. The van der Waals surface area contributed by atoms with E-state index in [1.807, 2.05) is 0 Å². The van der Waals surface area contributed by atoms with Crippen LogP contribution in [-0.4, -0.2) is 16.5 Å². The SMILES string of the molecule is CCCCCCCCCCOc1ccc2c(ccc(=O)n2O)c1Br. The Bertz CT molecular complexity index is 712. The molecule has 0 atom stereocenters. The van der Waals surface area contributed by atoms with Crippen molar-refractivity contribution in [2.24, 2.45) is 0 Å². The second kappa shape index (κ2) is 9.72. The monoisotopic (exact) mass is 395 g/mol. The van der Waals surface area contributed by atoms with Gasteiger partial charge in [-0.15, -0.1) is 4.73 Å². The van der Waals surface area contributed by atoms with Crippen LogP contribution in [0.5, 0.6) is 5.75 Å². The summed E-state index contributed by atoms with van der Waals surface area (Å²) in [4.78, 5) is 11.5. The number of aromatic nitrogens is 1. The molecule has 0 aliphatic heterocycles. The molecule has 5 heteroatoms. The molecular formula is C19H26BrNO3. The van der Waals surface area contributed by atoms with E-state index in [0.717, 1.165) is 22.0 Å². The fourth-order valence-electron chi connectivity index (χ4n) is 2.78. The molecular weight excluding hydrogens is 370 g/mol. The first-order valence-electron chi connectivity index (χ1n) is 8.81. The third-order valence-electron chi connectivity index (χ3n) is 4.21. The van der Waals surface area contributed by atoms with Gasteiger partial charge in [0, 0.05) is 11.5 Å². The largest absolute Gasteiger partial charge is 0.492 e. The minimum atomic E-state index is -0.443. The summed E-state index contributed by atoms with van der Waals surface area (Å²) >= 11 is 3.51. The average molecular weight is 396 g/mol. The van der Waals surface area contributed by atoms with E-state index >= 15 is 0 Å². The van der Waals surface area contributed by atoms with Gasteiger partial charge in [0.2, 0.25) is 0 Å². The maximum Gasteiger partial charge on any atom is 0.283 e. The van der Waals surface area contributed by atoms with Gasteiger partial charge in [0.1, 0.15) is 5.75 Å². The lowest BCUT2D eigenvalue weighted by atomic mass is 10.1. The zero-order chi connectivity index (χ0) is 17.4. The quantitative estimate of drug-likeness (QED) is 0.425. The molecule has 2 aromatic rings. The third kappa shape index (κ3) is 5.00. The van der Waals surface area contributed by atoms with Gasteiger partial charge in [-0.3, -0.25) is 4.79 Å². The summed E-state index contributed by atoms with van der Waals surface area (Å²) in [6, 6.07) is 6.51. The molecule has 0 spiro atoms. The molecule has 1 aromatic carbocycles. The molecule has 132 valence electrons. The highest BCUT2D eigenvalue weighted by Gasteiger charge is 2.09. The van der Waals surface area contributed by atoms with Crippen molar-refractivity contribution in [1.29, 1.82) is 0 Å². The van der Waals surface area contributed by atoms with E-state index in [-0.39, 0.29) is 0 Å². The van der Waals surface area contributed by atoms with Crippen molar-refractivity contribution < 1.29 is 9.94 Å². The first-order valence-corrected chi connectivity index (χ1v) is 9.60. The Morgan fingerprint density at radius 3 is 2.38 bits per heavy atom. The predicted octanol–water partition coefficient (Wildman–Crippen LogP) is 5.52. The molecule has 1 heterocycles. The summed E-state index contributed by atoms with van der Waals surface area (Å²) in [5.74, 6) is 0.740. The van der Waals surface area contributed by atoms with Gasteiger partial charge in [-0.05, 0) is 40.5 Å². The Morgan fingerprint density at radius 1 is 1.00 bits per heavy atom. The minimum absolute atomic E-state index is 0.443. The Hall–Kier alpha value is -1.49. The number of fused-ring (bicyclic) bond motifs is 1. The van der Waals surface area contributed by atoms with E-state index in [9.17, 15) is 10.0 Å². The van der Waals surface area contributed by atoms with Crippen LogP contribution in [0.3, 0.4) is 0 Å². The smallest absolute Gasteiger partial charge is 0.283 e. The lowest BCUT2D eigenvalue weighted by Crippen LogP contribution is -2.16. The fraction of sp³-hybridized carbons (Fsp3) is 0.526. The molecule has 0 saturated carbocycles. The van der Waals surface area contributed by atoms with Gasteiger partial charge >= 0.3 is 0 Å². The normalized spacial score (nSPS) is 11.1. The molecule has 0 fully saturated rings. The Labute approximate surface area is 151 Å². The molecule has 0 unspecified atom stereocenters. The van der Waals surface area contributed by atoms with E-state index < -0.39 is 5.56 Å². The fourth-order valence-corrected chi connectivity index (χ4v) is 3.36. The Kier molecular flexibility index (Phi) is 7.63. The van der Waals surface area contributed by atoms with Gasteiger partial charge in [0.05, 0.1) is 16.6 Å². The van der Waals surface area contributed by atoms with E-state index in [0.29, 0.717) is 16.9 Å². The molecule has 0 aliphatic rings. The van der Waals surface area contributed by atoms with Gasteiger partial charge in [-0.1, -0.05) is 51.9 Å². The maximum atomic E-state index is 11.5. The molecule has 0 saturated heterocycles. The average Bonchev–Trinajstić information content (AvgIpc) is 2.58. The number of hydrogen-bond acceptors (Lipinski definition) is 3. The molecule has 0 amide bonds. The zero-order valence-electron chi connectivity index (χ0n) is 14.3. The van der Waals surface area contributed by atoms with E-state index in [4.69, 9.17) is 4.74 Å². The number of halogens is 1. The molecule has 1 aromatic heterocycles. The first-order chi connectivity index (χ1) is 11.6. The van der Waals surface area contributed by atoms with Crippen LogP contribution in [0, 0.1) is 0 Å². The van der Waals surface area contributed by atoms with Gasteiger partial charge in [-0.25, -0.2) is 0 Å². The van der Waals surface area contributed by atoms with Crippen molar-refractivity contribution in [3.05, 3.63) is 39.1 Å². The van der Waals surface area contributed by atoms with E-state index in [1.165, 1.54) is 51.0 Å². The summed E-state index contributed by atoms with van der Waals surface area (Å²) in [5.41, 5.74) is 0.0239. The molecule has 2 rings (SSSR count). The first kappa shape index (κ1) is 18.8. The molecule has 0 aliphatic carbocycles. The van der Waals surface area contributed by atoms with Crippen LogP contribution in [0.25, 0.3) is 10.9 Å². The van der Waals surface area contributed by atoms with Crippen molar-refractivity contribution in [2.75, 3.05) is 6.61 Å². The highest BCUT2D eigenvalue weighted by molar-refractivity contribution is 9.10. The highest BCUT2D eigenvalue weighted by atomic mass is 79.9. The Morgan fingerprint density at radius 2 is 1.67 bits per heavy atom. The molecule has 0 bridgehead atoms. The standard InChI is InChI=1S/C19H26BrNO3/c1-2-3-4-5-6-7-8-9-14-24-17-12-11-16-15(19(17)20)10-13-18(22)21(16)23/h10-13,23H,2-9,14H2,1H3. The summed E-state index contributed by atoms with van der Waals surface area (Å²) < 4.78 is 7.27. The molecule has 0 radical (unpaired) electrons. The van der Waals surface area contributed by atoms with E-state index in [2.05, 4.69) is 22.9 Å². The lowest BCUT2D eigenvalue weighted by Gasteiger charge is -2.11. The van der Waals surface area contributed by atoms with Crippen LogP contribution in [0.1, 0.15) is 58.3 Å². The van der Waals surface area contributed by atoms with Crippen molar-refractivity contribution in [3.63, 3.8) is 0 Å². The van der Waals surface area contributed by atoms with Crippen LogP contribution < -0.4 is 10.3 Å². The number of pyridine rings is 1. The third-order valence-corrected chi connectivity index (χ3v) is 5.02. The summed E-state index contributed by atoms with van der Waals surface area (Å²) in [5, 5.41) is 10.5. The van der Waals surface area contributed by atoms with E-state index in [1.54, 1.807) is 18.2 Å². The lowest BCUT2D eigenvalue weighted by molar-refractivity contribution is 0.188. The molecule has 4 nitrogen and oxygen atoms in total. The van der Waals surface area contributed by atoms with Gasteiger partial charge in [-0.2, -0.15) is 0 Å². The molecule has 1 N–H and O–H groups in total. The Balaban J connectivity index is 1.80. The maximum absolute atomic E-state index is 11.5. The van der Waals surface area contributed by atoms with Crippen LogP contribution in [-0.2, 0) is 0 Å². The minimum Gasteiger partial charge on any atom is -0.492 e. The summed E-state index contributed by atoms with van der Waals surface area (Å²) in [7, 11) is 0. The number of rotatable bonds is 10. The topological polar surface area (TPSA) is 51.5 Å². The van der Waals surface area contributed by atoms with Crippen molar-refractivity contribution in [3.8, 4) is 5.75 Å². The number of ether oxygens (including phenoxy) is 1. The second-order valence-electron chi connectivity index (χ2n) is 6.12. The van der Waals surface area contributed by atoms with Gasteiger partial charge in [0.25, 0.3) is 5.56 Å². The second-order valence-corrected chi connectivity index (χ2v) is 6.91. The number of hydrogen-bond donors (Lipinski definition) is 1. The number of nitrogens with zero attached hydrogens (tertiary/aromatic N) is 1. The van der Waals surface area contributed by atoms with Crippen molar-refractivity contribution in [1.82, 2.24) is 4.73 Å². The highest BCUT2D eigenvalue weighted by Crippen LogP contribution is 2.32. The summed E-state index contributed by atoms with van der Waals surface area (Å²) in [6.45, 7) is 2.92. The van der Waals surface area contributed by atoms with Crippen LogP contribution >= 0.6 is 15.9 Å². The van der Waals surface area contributed by atoms with Gasteiger partial charge < -0.3 is 9.94 Å².